The molecule has 1 aliphatic rings. The Labute approximate surface area is 186 Å². The Hall–Kier alpha value is -2.75. The van der Waals surface area contributed by atoms with Crippen LogP contribution < -0.4 is 4.74 Å². The minimum atomic E-state index is -1.52. The van der Waals surface area contributed by atoms with Crippen LogP contribution >= 0.6 is 0 Å². The molecule has 32 heavy (non-hydrogen) atoms. The third kappa shape index (κ3) is 4.41. The minimum absolute atomic E-state index is 0.247. The molecule has 0 spiro atoms. The Morgan fingerprint density at radius 2 is 1.62 bits per heavy atom. The molecular weight excluding hydrogens is 412 g/mol. The van der Waals surface area contributed by atoms with Crippen LogP contribution in [0.5, 0.6) is 5.88 Å². The summed E-state index contributed by atoms with van der Waals surface area (Å²) in [5.41, 5.74) is 4.72. The van der Waals surface area contributed by atoms with E-state index >= 15 is 0 Å². The Kier molecular flexibility index (Phi) is 6.59. The molecule has 1 saturated heterocycles. The van der Waals surface area contributed by atoms with Gasteiger partial charge in [-0.15, -0.1) is 5.10 Å². The average Bonchev–Trinajstić information content (AvgIpc) is 3.11. The fraction of sp³-hybridized carbons (Fsp3) is 0.375. The van der Waals surface area contributed by atoms with E-state index in [2.05, 4.69) is 5.10 Å². The van der Waals surface area contributed by atoms with Crippen LogP contribution in [0.1, 0.15) is 22.4 Å². The lowest BCUT2D eigenvalue weighted by molar-refractivity contribution is -0.278. The van der Waals surface area contributed by atoms with Crippen molar-refractivity contribution in [3.63, 3.8) is 0 Å². The third-order valence-electron chi connectivity index (χ3n) is 5.78. The van der Waals surface area contributed by atoms with E-state index < -0.39 is 37.3 Å². The summed E-state index contributed by atoms with van der Waals surface area (Å²) in [6.45, 7) is 3.43. The van der Waals surface area contributed by atoms with Crippen LogP contribution in [0.15, 0.2) is 54.6 Å². The van der Waals surface area contributed by atoms with Gasteiger partial charge in [0, 0.05) is 17.7 Å². The predicted octanol–water partition coefficient (Wildman–Crippen LogP) is 1.26. The van der Waals surface area contributed by atoms with E-state index in [1.54, 1.807) is 4.68 Å². The van der Waals surface area contributed by atoms with Crippen LogP contribution in [-0.4, -0.2) is 67.5 Å². The fourth-order valence-electron chi connectivity index (χ4n) is 3.81. The molecule has 0 unspecified atom stereocenters. The van der Waals surface area contributed by atoms with Gasteiger partial charge in [-0.3, -0.25) is 0 Å². The van der Waals surface area contributed by atoms with Crippen molar-refractivity contribution in [1.29, 1.82) is 0 Å². The van der Waals surface area contributed by atoms with Gasteiger partial charge in [-0.05, 0) is 31.5 Å². The van der Waals surface area contributed by atoms with Gasteiger partial charge in [-0.25, -0.2) is 4.68 Å². The summed E-state index contributed by atoms with van der Waals surface area (Å²) in [6, 6.07) is 17.7. The van der Waals surface area contributed by atoms with Crippen molar-refractivity contribution in [3.8, 4) is 11.6 Å². The van der Waals surface area contributed by atoms with Crippen LogP contribution in [0.4, 0.5) is 0 Å². The molecule has 8 nitrogen and oxygen atoms in total. The quantitative estimate of drug-likeness (QED) is 0.456. The molecular formula is C24H28N2O6. The van der Waals surface area contributed by atoms with Gasteiger partial charge in [-0.2, -0.15) is 0 Å². The fourth-order valence-corrected chi connectivity index (χ4v) is 3.81. The number of aliphatic hydroxyl groups excluding tert-OH is 4. The van der Waals surface area contributed by atoms with Crippen LogP contribution in [0.3, 0.4) is 0 Å². The number of para-hydroxylation sites is 1. The molecule has 1 fully saturated rings. The molecule has 2 heterocycles. The first-order valence-corrected chi connectivity index (χ1v) is 10.6. The van der Waals surface area contributed by atoms with E-state index in [4.69, 9.17) is 9.47 Å². The molecule has 4 rings (SSSR count). The van der Waals surface area contributed by atoms with Gasteiger partial charge in [0.1, 0.15) is 24.4 Å². The maximum atomic E-state index is 10.4. The summed E-state index contributed by atoms with van der Waals surface area (Å²) in [6.07, 6.45) is -6.32. The lowest BCUT2D eigenvalue weighted by Crippen LogP contribution is -2.60. The predicted molar refractivity (Wildman–Crippen MR) is 117 cm³/mol. The van der Waals surface area contributed by atoms with E-state index in [-0.39, 0.29) is 5.88 Å². The number of hydrogen-bond donors (Lipinski definition) is 4. The number of aryl methyl sites for hydroxylation is 1. The number of ether oxygens (including phenoxy) is 2. The Morgan fingerprint density at radius 1 is 0.938 bits per heavy atom. The monoisotopic (exact) mass is 440 g/mol. The molecule has 0 radical (unpaired) electrons. The highest BCUT2D eigenvalue weighted by atomic mass is 16.7. The van der Waals surface area contributed by atoms with E-state index in [0.717, 1.165) is 28.1 Å². The first-order chi connectivity index (χ1) is 15.4. The molecule has 0 saturated carbocycles. The molecule has 0 amide bonds. The number of hydrogen-bond acceptors (Lipinski definition) is 7. The second-order valence-electron chi connectivity index (χ2n) is 8.09. The van der Waals surface area contributed by atoms with Gasteiger partial charge in [-0.1, -0.05) is 48.0 Å². The zero-order chi connectivity index (χ0) is 22.8. The third-order valence-corrected chi connectivity index (χ3v) is 5.78. The van der Waals surface area contributed by atoms with Crippen molar-refractivity contribution in [3.05, 3.63) is 77.0 Å². The van der Waals surface area contributed by atoms with Gasteiger partial charge in [0.15, 0.2) is 0 Å². The number of aliphatic hydroxyl groups is 4. The van der Waals surface area contributed by atoms with Gasteiger partial charge < -0.3 is 29.9 Å². The molecule has 170 valence electrons. The topological polar surface area (TPSA) is 117 Å². The minimum Gasteiger partial charge on any atom is -0.443 e. The molecule has 0 bridgehead atoms. The number of rotatable bonds is 6. The number of benzene rings is 2. The maximum absolute atomic E-state index is 10.4. The largest absolute Gasteiger partial charge is 0.443 e. The van der Waals surface area contributed by atoms with E-state index in [9.17, 15) is 20.4 Å². The summed E-state index contributed by atoms with van der Waals surface area (Å²) >= 11 is 0. The van der Waals surface area contributed by atoms with Gasteiger partial charge in [0.05, 0.1) is 12.3 Å². The van der Waals surface area contributed by atoms with Crippen molar-refractivity contribution in [2.75, 3.05) is 6.61 Å². The average molecular weight is 440 g/mol. The Balaban J connectivity index is 1.70. The lowest BCUT2D eigenvalue weighted by atomic mass is 9.99. The van der Waals surface area contributed by atoms with Gasteiger partial charge >= 0.3 is 0 Å². The highest BCUT2D eigenvalue weighted by Crippen LogP contribution is 2.30. The van der Waals surface area contributed by atoms with Crippen LogP contribution in [0.2, 0.25) is 0 Å². The van der Waals surface area contributed by atoms with E-state index in [1.807, 2.05) is 68.4 Å². The molecule has 2 aromatic carbocycles. The van der Waals surface area contributed by atoms with Crippen molar-refractivity contribution in [2.45, 2.75) is 51.0 Å². The summed E-state index contributed by atoms with van der Waals surface area (Å²) < 4.78 is 13.2. The Bertz CT molecular complexity index is 1030. The molecule has 5 atom stereocenters. The smallest absolute Gasteiger partial charge is 0.239 e. The van der Waals surface area contributed by atoms with Crippen LogP contribution in [-0.2, 0) is 11.2 Å². The highest BCUT2D eigenvalue weighted by Gasteiger charge is 2.45. The first-order valence-electron chi connectivity index (χ1n) is 10.6. The van der Waals surface area contributed by atoms with Crippen LogP contribution in [0, 0.1) is 13.8 Å². The molecule has 1 aliphatic heterocycles. The van der Waals surface area contributed by atoms with Crippen molar-refractivity contribution in [1.82, 2.24) is 9.78 Å². The summed E-state index contributed by atoms with van der Waals surface area (Å²) in [4.78, 5) is 0. The lowest BCUT2D eigenvalue weighted by Gasteiger charge is -2.39. The second kappa shape index (κ2) is 9.40. The maximum Gasteiger partial charge on any atom is 0.239 e. The molecule has 8 heteroatoms. The van der Waals surface area contributed by atoms with Crippen molar-refractivity contribution < 1.29 is 29.9 Å². The highest BCUT2D eigenvalue weighted by molar-refractivity contribution is 5.42. The summed E-state index contributed by atoms with van der Waals surface area (Å²) in [5, 5.41) is 44.6. The first kappa shape index (κ1) is 22.4. The number of nitrogens with zero attached hydrogens (tertiary/aromatic N) is 2. The van der Waals surface area contributed by atoms with E-state index in [0.29, 0.717) is 6.42 Å². The zero-order valence-electron chi connectivity index (χ0n) is 18.0. The van der Waals surface area contributed by atoms with Crippen LogP contribution in [0.25, 0.3) is 5.69 Å². The van der Waals surface area contributed by atoms with E-state index in [1.165, 1.54) is 0 Å². The van der Waals surface area contributed by atoms with Gasteiger partial charge in [0.25, 0.3) is 0 Å². The van der Waals surface area contributed by atoms with Gasteiger partial charge in [0.2, 0.25) is 12.2 Å². The van der Waals surface area contributed by atoms with Crippen molar-refractivity contribution in [2.24, 2.45) is 0 Å². The molecule has 0 aliphatic carbocycles. The number of aromatic nitrogens is 2. The molecule has 3 aromatic rings. The van der Waals surface area contributed by atoms with Crippen molar-refractivity contribution >= 4 is 0 Å². The Morgan fingerprint density at radius 3 is 2.28 bits per heavy atom. The second-order valence-corrected chi connectivity index (χ2v) is 8.09. The summed E-state index contributed by atoms with van der Waals surface area (Å²) in [5.74, 6) is 0.247. The standard InChI is InChI=1S/C24H28N2O6/c1-14-8-10-16(11-9-14)12-18-15(2)26(17-6-4-3-5-7-17)25-23(18)32-24-22(30)21(29)20(28)19(13-27)31-24/h3-11,19-22,24,27-30H,12-13H2,1-2H3/t19-,20-,21+,22-,24+/m1/s1. The normalized spacial score (nSPS) is 25.6. The molecule has 1 aromatic heterocycles. The summed E-state index contributed by atoms with van der Waals surface area (Å²) in [7, 11) is 0. The zero-order valence-corrected chi connectivity index (χ0v) is 18.0. The SMILES string of the molecule is Cc1ccc(Cc2c(O[C@@H]3O[C@H](CO)[C@@H](O)[C@H](O)[C@H]3O)nn(-c3ccccc3)c2C)cc1. The molecule has 4 N–H and O–H groups in total.